The van der Waals surface area contributed by atoms with Crippen molar-refractivity contribution in [3.05, 3.63) is 57.7 Å². The average molecular weight is 327 g/mol. The number of fused-ring (bicyclic) bond motifs is 1. The van der Waals surface area contributed by atoms with E-state index in [0.717, 1.165) is 17.2 Å². The van der Waals surface area contributed by atoms with E-state index in [2.05, 4.69) is 14.8 Å². The van der Waals surface area contributed by atoms with Crippen LogP contribution in [0.15, 0.2) is 41.8 Å². The Kier molecular flexibility index (Phi) is 3.30. The lowest BCUT2D eigenvalue weighted by Crippen LogP contribution is -2.33. The van der Waals surface area contributed by atoms with Gasteiger partial charge in [0.1, 0.15) is 0 Å². The van der Waals surface area contributed by atoms with Gasteiger partial charge in [-0.05, 0) is 5.38 Å². The molecule has 7 nitrogen and oxygen atoms in total. The van der Waals surface area contributed by atoms with Crippen LogP contribution in [0, 0.1) is 10.1 Å². The van der Waals surface area contributed by atoms with Crippen LogP contribution in [0.2, 0.25) is 0 Å². The van der Waals surface area contributed by atoms with Gasteiger partial charge in [0.25, 0.3) is 0 Å². The molecule has 1 aromatic carbocycles. The Morgan fingerprint density at radius 2 is 1.96 bits per heavy atom. The fourth-order valence-electron chi connectivity index (χ4n) is 2.80. The number of nitro groups is 1. The van der Waals surface area contributed by atoms with E-state index in [1.54, 1.807) is 11.4 Å². The number of hydrogen-bond acceptors (Lipinski definition) is 6. The van der Waals surface area contributed by atoms with Gasteiger partial charge in [0.05, 0.1) is 11.5 Å². The monoisotopic (exact) mass is 327 g/mol. The Hall–Kier alpha value is -2.74. The van der Waals surface area contributed by atoms with Gasteiger partial charge in [-0.2, -0.15) is 0 Å². The second kappa shape index (κ2) is 5.47. The van der Waals surface area contributed by atoms with Crippen LogP contribution in [0.25, 0.3) is 11.4 Å². The summed E-state index contributed by atoms with van der Waals surface area (Å²) in [4.78, 5) is 12.8. The van der Waals surface area contributed by atoms with Crippen LogP contribution in [0.5, 0.6) is 0 Å². The largest absolute Gasteiger partial charge is 0.348 e. The van der Waals surface area contributed by atoms with Gasteiger partial charge in [0.15, 0.2) is 16.6 Å². The van der Waals surface area contributed by atoms with Crippen molar-refractivity contribution in [1.29, 1.82) is 0 Å². The number of thiophene rings is 1. The molecule has 0 saturated heterocycles. The molecule has 0 aliphatic carbocycles. The Morgan fingerprint density at radius 3 is 2.74 bits per heavy atom. The van der Waals surface area contributed by atoms with Gasteiger partial charge in [-0.3, -0.25) is 10.1 Å². The van der Waals surface area contributed by atoms with Gasteiger partial charge in [0, 0.05) is 24.7 Å². The molecular weight excluding hydrogens is 314 g/mol. The van der Waals surface area contributed by atoms with Gasteiger partial charge in [-0.25, -0.2) is 0 Å². The summed E-state index contributed by atoms with van der Waals surface area (Å²) >= 11 is 1.39. The van der Waals surface area contributed by atoms with E-state index < -0.39 is 0 Å². The third kappa shape index (κ3) is 2.36. The highest BCUT2D eigenvalue weighted by atomic mass is 32.1. The maximum absolute atomic E-state index is 11.1. The third-order valence-electron chi connectivity index (χ3n) is 3.89. The third-order valence-corrected chi connectivity index (χ3v) is 4.86. The molecule has 4 rings (SSSR count). The molecule has 116 valence electrons. The molecular formula is C15H13N5O2S. The number of hydrogen-bond donors (Lipinski definition) is 0. The number of aromatic nitrogens is 3. The number of benzene rings is 1. The van der Waals surface area contributed by atoms with E-state index in [9.17, 15) is 10.1 Å². The lowest BCUT2D eigenvalue weighted by Gasteiger charge is -2.27. The fraction of sp³-hybridized carbons (Fsp3) is 0.200. The molecule has 0 bridgehead atoms. The van der Waals surface area contributed by atoms with E-state index in [1.165, 1.54) is 11.3 Å². The highest BCUT2D eigenvalue weighted by Gasteiger charge is 2.27. The van der Waals surface area contributed by atoms with Crippen LogP contribution in [0.1, 0.15) is 5.82 Å². The van der Waals surface area contributed by atoms with Crippen LogP contribution in [0.4, 0.5) is 10.7 Å². The first-order valence-electron chi connectivity index (χ1n) is 7.18. The predicted octanol–water partition coefficient (Wildman–Crippen LogP) is 2.94. The molecule has 23 heavy (non-hydrogen) atoms. The highest BCUT2D eigenvalue weighted by Crippen LogP contribution is 2.36. The predicted molar refractivity (Wildman–Crippen MR) is 87.5 cm³/mol. The van der Waals surface area contributed by atoms with Crippen molar-refractivity contribution in [3.63, 3.8) is 0 Å². The molecule has 3 aromatic rings. The van der Waals surface area contributed by atoms with Crippen LogP contribution in [-0.2, 0) is 13.1 Å². The first-order valence-corrected chi connectivity index (χ1v) is 8.06. The van der Waals surface area contributed by atoms with Crippen LogP contribution in [0.3, 0.4) is 0 Å². The molecule has 0 N–H and O–H groups in total. The van der Waals surface area contributed by atoms with E-state index in [1.807, 2.05) is 35.2 Å². The van der Waals surface area contributed by atoms with E-state index in [-0.39, 0.29) is 10.6 Å². The van der Waals surface area contributed by atoms with Crippen LogP contribution in [-0.4, -0.2) is 26.2 Å². The number of anilines is 1. The van der Waals surface area contributed by atoms with E-state index >= 15 is 0 Å². The summed E-state index contributed by atoms with van der Waals surface area (Å²) in [7, 11) is 0. The Bertz CT molecular complexity index is 858. The van der Waals surface area contributed by atoms with Crippen molar-refractivity contribution >= 4 is 22.0 Å². The number of rotatable bonds is 3. The minimum Gasteiger partial charge on any atom is -0.348 e. The van der Waals surface area contributed by atoms with Gasteiger partial charge in [-0.1, -0.05) is 30.3 Å². The van der Waals surface area contributed by atoms with Gasteiger partial charge < -0.3 is 9.47 Å². The zero-order valence-electron chi connectivity index (χ0n) is 12.1. The fourth-order valence-corrected chi connectivity index (χ4v) is 3.70. The number of nitrogens with zero attached hydrogens (tertiary/aromatic N) is 5. The lowest BCUT2D eigenvalue weighted by atomic mass is 10.2. The first kappa shape index (κ1) is 13.9. The van der Waals surface area contributed by atoms with Gasteiger partial charge >= 0.3 is 5.69 Å². The maximum atomic E-state index is 11.1. The molecule has 0 atom stereocenters. The normalized spacial score (nSPS) is 13.8. The molecule has 0 unspecified atom stereocenters. The average Bonchev–Trinajstić information content (AvgIpc) is 3.22. The standard InChI is InChI=1S/C15H13N5O2S/c21-20(22)12-6-9-23-15(12)18-7-8-19-13(10-18)16-17-14(19)11-4-2-1-3-5-11/h1-6,9H,7-8,10H2. The smallest absolute Gasteiger partial charge is 0.303 e. The van der Waals surface area contributed by atoms with Crippen molar-refractivity contribution < 1.29 is 4.92 Å². The summed E-state index contributed by atoms with van der Waals surface area (Å²) in [6, 6.07) is 11.5. The highest BCUT2D eigenvalue weighted by molar-refractivity contribution is 7.14. The van der Waals surface area contributed by atoms with Crippen molar-refractivity contribution in [2.24, 2.45) is 0 Å². The minimum absolute atomic E-state index is 0.159. The van der Waals surface area contributed by atoms with Gasteiger partial charge in [0.2, 0.25) is 0 Å². The topological polar surface area (TPSA) is 77.1 Å². The summed E-state index contributed by atoms with van der Waals surface area (Å²) in [6.45, 7) is 1.94. The molecule has 1 aliphatic rings. The van der Waals surface area contributed by atoms with Crippen LogP contribution < -0.4 is 4.90 Å². The molecule has 8 heteroatoms. The maximum Gasteiger partial charge on any atom is 0.303 e. The summed E-state index contributed by atoms with van der Waals surface area (Å²) < 4.78 is 2.09. The molecule has 0 spiro atoms. The van der Waals surface area contributed by atoms with Gasteiger partial charge in [-0.15, -0.1) is 21.5 Å². The van der Waals surface area contributed by atoms with E-state index in [4.69, 9.17) is 0 Å². The van der Waals surface area contributed by atoms with Crippen molar-refractivity contribution in [3.8, 4) is 11.4 Å². The zero-order valence-corrected chi connectivity index (χ0v) is 12.9. The second-order valence-corrected chi connectivity index (χ2v) is 6.14. The zero-order chi connectivity index (χ0) is 15.8. The Morgan fingerprint density at radius 1 is 1.13 bits per heavy atom. The molecule has 2 aromatic heterocycles. The molecule has 0 saturated carbocycles. The molecule has 1 aliphatic heterocycles. The van der Waals surface area contributed by atoms with Crippen molar-refractivity contribution in [2.75, 3.05) is 11.4 Å². The minimum atomic E-state index is -0.333. The summed E-state index contributed by atoms with van der Waals surface area (Å²) in [6.07, 6.45) is 0. The SMILES string of the molecule is O=[N+]([O-])c1ccsc1N1CCn2c(nnc2-c2ccccc2)C1. The van der Waals surface area contributed by atoms with Crippen molar-refractivity contribution in [1.82, 2.24) is 14.8 Å². The lowest BCUT2D eigenvalue weighted by molar-refractivity contribution is -0.383. The molecule has 0 radical (unpaired) electrons. The van der Waals surface area contributed by atoms with E-state index in [0.29, 0.717) is 24.6 Å². The Balaban J connectivity index is 1.65. The summed E-state index contributed by atoms with van der Waals surface area (Å²) in [5, 5.41) is 22.1. The molecule has 3 heterocycles. The summed E-state index contributed by atoms with van der Waals surface area (Å²) in [5.74, 6) is 1.68. The van der Waals surface area contributed by atoms with Crippen molar-refractivity contribution in [2.45, 2.75) is 13.1 Å². The summed E-state index contributed by atoms with van der Waals surface area (Å²) in [5.41, 5.74) is 1.19. The quantitative estimate of drug-likeness (QED) is 0.546. The first-order chi connectivity index (χ1) is 11.2. The molecule has 0 amide bonds. The Labute approximate surface area is 136 Å². The molecule has 0 fully saturated rings. The van der Waals surface area contributed by atoms with Crippen LogP contribution >= 0.6 is 11.3 Å². The second-order valence-electron chi connectivity index (χ2n) is 5.25.